The second kappa shape index (κ2) is 4.50. The lowest BCUT2D eigenvalue weighted by molar-refractivity contribution is 0.796. The molecule has 0 amide bonds. The van der Waals surface area contributed by atoms with Crippen LogP contribution in [0.15, 0.2) is 42.5 Å². The number of hydrogen-bond donors (Lipinski definition) is 1. The smallest absolute Gasteiger partial charge is 0.0495 e. The Morgan fingerprint density at radius 2 is 1.95 bits per heavy atom. The van der Waals surface area contributed by atoms with E-state index in [4.69, 9.17) is 5.73 Å². The minimum absolute atomic E-state index is 0.147. The van der Waals surface area contributed by atoms with Gasteiger partial charge < -0.3 is 10.3 Å². The van der Waals surface area contributed by atoms with Gasteiger partial charge in [-0.25, -0.2) is 0 Å². The van der Waals surface area contributed by atoms with Crippen molar-refractivity contribution in [2.75, 3.05) is 0 Å². The number of fused-ring (bicyclic) bond motifs is 3. The molecule has 0 bridgehead atoms. The van der Waals surface area contributed by atoms with Crippen molar-refractivity contribution in [2.45, 2.75) is 25.3 Å². The van der Waals surface area contributed by atoms with E-state index in [0.29, 0.717) is 0 Å². The summed E-state index contributed by atoms with van der Waals surface area (Å²) in [7, 11) is 0. The maximum Gasteiger partial charge on any atom is 0.0495 e. The first-order valence-corrected chi connectivity index (χ1v) is 7.27. The van der Waals surface area contributed by atoms with Gasteiger partial charge in [0, 0.05) is 23.1 Å². The molecule has 0 saturated carbocycles. The Balaban J connectivity index is 2.01. The highest BCUT2D eigenvalue weighted by atomic mass is 15.0. The van der Waals surface area contributed by atoms with Crippen molar-refractivity contribution >= 4 is 12.2 Å². The molecule has 2 heteroatoms. The molecular weight excluding hydrogens is 244 g/mol. The van der Waals surface area contributed by atoms with Crippen molar-refractivity contribution in [3.8, 4) is 5.69 Å². The maximum absolute atomic E-state index is 6.11. The fourth-order valence-corrected chi connectivity index (χ4v) is 3.36. The first-order chi connectivity index (χ1) is 9.84. The van der Waals surface area contributed by atoms with Crippen molar-refractivity contribution < 1.29 is 0 Å². The average Bonchev–Trinajstić information content (AvgIpc) is 2.82. The summed E-state index contributed by atoms with van der Waals surface area (Å²) in [5, 5.41) is 0. The van der Waals surface area contributed by atoms with Gasteiger partial charge in [-0.1, -0.05) is 36.4 Å². The lowest BCUT2D eigenvalue weighted by atomic mass is 9.93. The van der Waals surface area contributed by atoms with E-state index in [1.807, 2.05) is 0 Å². The summed E-state index contributed by atoms with van der Waals surface area (Å²) in [5.74, 6) is 0. The van der Waals surface area contributed by atoms with Crippen LogP contribution in [-0.2, 0) is 12.8 Å². The quantitative estimate of drug-likeness (QED) is 0.839. The number of aromatic nitrogens is 1. The fraction of sp³-hybridized carbons (Fsp3) is 0.222. The molecule has 2 nitrogen and oxygen atoms in total. The van der Waals surface area contributed by atoms with E-state index < -0.39 is 0 Å². The van der Waals surface area contributed by atoms with E-state index in [9.17, 15) is 0 Å². The summed E-state index contributed by atoms with van der Waals surface area (Å²) < 4.78 is 2.41. The van der Waals surface area contributed by atoms with Crippen molar-refractivity contribution in [1.82, 2.24) is 4.57 Å². The summed E-state index contributed by atoms with van der Waals surface area (Å²) in [6, 6.07) is 10.8. The van der Waals surface area contributed by atoms with Crippen LogP contribution in [0, 0.1) is 0 Å². The van der Waals surface area contributed by atoms with Crippen LogP contribution in [0.3, 0.4) is 0 Å². The van der Waals surface area contributed by atoms with Crippen LogP contribution in [0.5, 0.6) is 0 Å². The lowest BCUT2D eigenvalue weighted by Gasteiger charge is -2.16. The predicted octanol–water partition coefficient (Wildman–Crippen LogP) is 3.33. The third-order valence-electron chi connectivity index (χ3n) is 4.24. The highest BCUT2D eigenvalue weighted by molar-refractivity contribution is 5.71. The Labute approximate surface area is 119 Å². The zero-order chi connectivity index (χ0) is 13.5. The minimum atomic E-state index is 0.147. The lowest BCUT2D eigenvalue weighted by Crippen LogP contribution is -2.22. The minimum Gasteiger partial charge on any atom is -0.324 e. The van der Waals surface area contributed by atoms with Gasteiger partial charge in [0.25, 0.3) is 0 Å². The van der Waals surface area contributed by atoms with Crippen LogP contribution in [-0.4, -0.2) is 10.6 Å². The van der Waals surface area contributed by atoms with Crippen LogP contribution in [0.1, 0.15) is 28.9 Å². The molecule has 0 fully saturated rings. The zero-order valence-electron chi connectivity index (χ0n) is 11.4. The molecule has 1 atom stereocenters. The summed E-state index contributed by atoms with van der Waals surface area (Å²) in [5.41, 5.74) is 12.9. The molecule has 1 aromatic carbocycles. The highest BCUT2D eigenvalue weighted by Crippen LogP contribution is 2.35. The molecule has 2 aliphatic carbocycles. The fourth-order valence-electron chi connectivity index (χ4n) is 3.36. The molecule has 1 heterocycles. The van der Waals surface area contributed by atoms with Crippen LogP contribution in [0.4, 0.5) is 0 Å². The van der Waals surface area contributed by atoms with Crippen LogP contribution in [0.25, 0.3) is 17.8 Å². The van der Waals surface area contributed by atoms with Crippen molar-refractivity contribution in [3.63, 3.8) is 0 Å². The molecule has 0 spiro atoms. The van der Waals surface area contributed by atoms with Gasteiger partial charge in [0.2, 0.25) is 0 Å². The largest absolute Gasteiger partial charge is 0.324 e. The Kier molecular flexibility index (Phi) is 2.64. The highest BCUT2D eigenvalue weighted by Gasteiger charge is 2.24. The number of para-hydroxylation sites is 1. The zero-order valence-corrected chi connectivity index (χ0v) is 11.4. The normalized spacial score (nSPS) is 19.8. The van der Waals surface area contributed by atoms with E-state index in [2.05, 4.69) is 59.2 Å². The summed E-state index contributed by atoms with van der Waals surface area (Å²) >= 11 is 0. The maximum atomic E-state index is 6.11. The number of benzene rings is 1. The Morgan fingerprint density at radius 1 is 1.10 bits per heavy atom. The van der Waals surface area contributed by atoms with Crippen LogP contribution >= 0.6 is 0 Å². The summed E-state index contributed by atoms with van der Waals surface area (Å²) in [6.45, 7) is 0. The van der Waals surface area contributed by atoms with Gasteiger partial charge in [0.1, 0.15) is 0 Å². The van der Waals surface area contributed by atoms with Crippen molar-refractivity contribution in [3.05, 3.63) is 65.0 Å². The van der Waals surface area contributed by atoms with E-state index in [0.717, 1.165) is 19.3 Å². The SMILES string of the molecule is NC1C=Cc2c(c3c(n2-c2ccccc2)CCC=C3)C1. The molecule has 4 rings (SSSR count). The second-order valence-electron chi connectivity index (χ2n) is 5.56. The molecule has 0 radical (unpaired) electrons. The number of hydrogen-bond acceptors (Lipinski definition) is 1. The van der Waals surface area contributed by atoms with Gasteiger partial charge in [-0.2, -0.15) is 0 Å². The summed E-state index contributed by atoms with van der Waals surface area (Å²) in [4.78, 5) is 0. The third kappa shape index (κ3) is 1.69. The Bertz CT molecular complexity index is 705. The van der Waals surface area contributed by atoms with Gasteiger partial charge in [-0.05, 0) is 48.6 Å². The van der Waals surface area contributed by atoms with Crippen molar-refractivity contribution in [1.29, 1.82) is 0 Å². The van der Waals surface area contributed by atoms with E-state index in [-0.39, 0.29) is 6.04 Å². The van der Waals surface area contributed by atoms with Gasteiger partial charge in [-0.3, -0.25) is 0 Å². The average molecular weight is 262 g/mol. The first-order valence-electron chi connectivity index (χ1n) is 7.27. The van der Waals surface area contributed by atoms with Gasteiger partial charge in [0.05, 0.1) is 0 Å². The standard InChI is InChI=1S/C18H18N2/c19-13-10-11-18-16(12-13)15-8-4-5-9-17(15)20(18)14-6-2-1-3-7-14/h1-4,6-8,10-11,13H,5,9,12,19H2. The van der Waals surface area contributed by atoms with Crippen LogP contribution in [0.2, 0.25) is 0 Å². The molecule has 0 saturated heterocycles. The number of allylic oxidation sites excluding steroid dienone is 1. The van der Waals surface area contributed by atoms with Gasteiger partial charge >= 0.3 is 0 Å². The van der Waals surface area contributed by atoms with Gasteiger partial charge in [0.15, 0.2) is 0 Å². The molecule has 2 N–H and O–H groups in total. The van der Waals surface area contributed by atoms with E-state index in [1.54, 1.807) is 0 Å². The molecule has 20 heavy (non-hydrogen) atoms. The predicted molar refractivity (Wildman–Crippen MR) is 83.8 cm³/mol. The van der Waals surface area contributed by atoms with E-state index in [1.165, 1.54) is 28.2 Å². The molecular formula is C18H18N2. The monoisotopic (exact) mass is 262 g/mol. The molecule has 1 unspecified atom stereocenters. The number of rotatable bonds is 1. The van der Waals surface area contributed by atoms with E-state index >= 15 is 0 Å². The Hall–Kier alpha value is -2.06. The van der Waals surface area contributed by atoms with Crippen molar-refractivity contribution in [2.24, 2.45) is 5.73 Å². The Morgan fingerprint density at radius 3 is 2.80 bits per heavy atom. The number of nitrogens with two attached hydrogens (primary N) is 1. The second-order valence-corrected chi connectivity index (χ2v) is 5.56. The third-order valence-corrected chi connectivity index (χ3v) is 4.24. The molecule has 2 aliphatic rings. The van der Waals surface area contributed by atoms with Crippen LogP contribution < -0.4 is 5.73 Å². The number of nitrogens with zero attached hydrogens (tertiary/aromatic N) is 1. The topological polar surface area (TPSA) is 30.9 Å². The molecule has 0 aliphatic heterocycles. The molecule has 1 aromatic heterocycles. The first kappa shape index (κ1) is 11.7. The van der Waals surface area contributed by atoms with Gasteiger partial charge in [-0.15, -0.1) is 0 Å². The molecule has 2 aromatic rings. The summed E-state index contributed by atoms with van der Waals surface area (Å²) in [6.07, 6.45) is 12.1. The molecule has 100 valence electrons.